The molecule has 1 N–H and O–H groups in total. The van der Waals surface area contributed by atoms with E-state index in [-0.39, 0.29) is 24.5 Å². The highest BCUT2D eigenvalue weighted by atomic mass is 16.6. The molecule has 0 spiro atoms. The Morgan fingerprint density at radius 1 is 1.16 bits per heavy atom. The molecule has 8 nitrogen and oxygen atoms in total. The van der Waals surface area contributed by atoms with Crippen LogP contribution in [0.5, 0.6) is 0 Å². The molecule has 0 saturated carbocycles. The normalized spacial score (nSPS) is 9.84. The lowest BCUT2D eigenvalue weighted by molar-refractivity contribution is 0.0445. The van der Waals surface area contributed by atoms with Crippen molar-refractivity contribution in [3.8, 4) is 0 Å². The number of nitrogens with zero attached hydrogens (tertiary/aromatic N) is 1. The van der Waals surface area contributed by atoms with Gasteiger partial charge in [0.05, 0.1) is 13.2 Å². The third-order valence-electron chi connectivity index (χ3n) is 2.07. The van der Waals surface area contributed by atoms with Gasteiger partial charge in [0.25, 0.3) is 11.7 Å². The molecule has 1 aromatic rings. The fourth-order valence-electron chi connectivity index (χ4n) is 1.29. The monoisotopic (exact) mass is 270 g/mol. The van der Waals surface area contributed by atoms with Gasteiger partial charge < -0.3 is 19.3 Å². The average Bonchev–Trinajstić information content (AvgIpc) is 2.83. The molecule has 0 aromatic carbocycles. The molecule has 0 aliphatic carbocycles. The molecule has 0 aliphatic rings. The van der Waals surface area contributed by atoms with E-state index in [0.29, 0.717) is 0 Å². The SMILES string of the molecule is CCOC(=O)c1onc(C(=O)NC)c1C(=O)OCC. The van der Waals surface area contributed by atoms with Gasteiger partial charge in [-0.2, -0.15) is 0 Å². The smallest absolute Gasteiger partial charge is 0.378 e. The van der Waals surface area contributed by atoms with E-state index in [1.807, 2.05) is 0 Å². The van der Waals surface area contributed by atoms with Crippen LogP contribution in [-0.4, -0.2) is 43.3 Å². The van der Waals surface area contributed by atoms with Crippen LogP contribution in [0.3, 0.4) is 0 Å². The van der Waals surface area contributed by atoms with Gasteiger partial charge in [-0.25, -0.2) is 9.59 Å². The fraction of sp³-hybridized carbons (Fsp3) is 0.455. The van der Waals surface area contributed by atoms with Gasteiger partial charge in [0.1, 0.15) is 5.56 Å². The molecule has 8 heteroatoms. The summed E-state index contributed by atoms with van der Waals surface area (Å²) in [6.45, 7) is 3.36. The molecule has 0 fully saturated rings. The van der Waals surface area contributed by atoms with Crippen molar-refractivity contribution >= 4 is 17.8 Å². The zero-order valence-corrected chi connectivity index (χ0v) is 10.8. The first-order valence-electron chi connectivity index (χ1n) is 5.62. The summed E-state index contributed by atoms with van der Waals surface area (Å²) in [5.41, 5.74) is -0.649. The molecule has 1 heterocycles. The molecule has 0 saturated heterocycles. The summed E-state index contributed by atoms with van der Waals surface area (Å²) < 4.78 is 14.2. The minimum atomic E-state index is -0.881. The molecule has 1 rings (SSSR count). The second-order valence-corrected chi connectivity index (χ2v) is 3.26. The van der Waals surface area contributed by atoms with Crippen LogP contribution in [0.2, 0.25) is 0 Å². The van der Waals surface area contributed by atoms with Crippen molar-refractivity contribution in [2.24, 2.45) is 0 Å². The number of rotatable bonds is 5. The van der Waals surface area contributed by atoms with E-state index in [4.69, 9.17) is 14.0 Å². The topological polar surface area (TPSA) is 108 Å². The number of hydrogen-bond acceptors (Lipinski definition) is 7. The van der Waals surface area contributed by atoms with E-state index in [1.54, 1.807) is 13.8 Å². The molecule has 0 aliphatic heterocycles. The molecule has 0 unspecified atom stereocenters. The van der Waals surface area contributed by atoms with Crippen molar-refractivity contribution in [1.29, 1.82) is 0 Å². The van der Waals surface area contributed by atoms with Crippen LogP contribution in [0.25, 0.3) is 0 Å². The van der Waals surface area contributed by atoms with Crippen molar-refractivity contribution in [3.05, 3.63) is 17.0 Å². The number of carbonyl (C=O) groups excluding carboxylic acids is 3. The van der Waals surface area contributed by atoms with Crippen molar-refractivity contribution < 1.29 is 28.4 Å². The zero-order valence-electron chi connectivity index (χ0n) is 10.8. The fourth-order valence-corrected chi connectivity index (χ4v) is 1.29. The molecule has 0 bridgehead atoms. The van der Waals surface area contributed by atoms with Gasteiger partial charge in [-0.15, -0.1) is 0 Å². The lowest BCUT2D eigenvalue weighted by Crippen LogP contribution is -2.22. The highest BCUT2D eigenvalue weighted by Gasteiger charge is 2.32. The van der Waals surface area contributed by atoms with Gasteiger partial charge in [0.2, 0.25) is 0 Å². The van der Waals surface area contributed by atoms with Crippen LogP contribution < -0.4 is 5.32 Å². The second kappa shape index (κ2) is 6.53. The second-order valence-electron chi connectivity index (χ2n) is 3.26. The largest absolute Gasteiger partial charge is 0.462 e. The Labute approximate surface area is 109 Å². The minimum absolute atomic E-state index is 0.0828. The van der Waals surface area contributed by atoms with Crippen molar-refractivity contribution in [3.63, 3.8) is 0 Å². The highest BCUT2D eigenvalue weighted by molar-refractivity contribution is 6.09. The van der Waals surface area contributed by atoms with Crippen LogP contribution >= 0.6 is 0 Å². The maximum absolute atomic E-state index is 11.8. The molecule has 1 amide bonds. The number of hydrogen-bond donors (Lipinski definition) is 1. The number of nitrogens with one attached hydrogen (secondary N) is 1. The van der Waals surface area contributed by atoms with Crippen LogP contribution in [0.4, 0.5) is 0 Å². The first-order chi connectivity index (χ1) is 9.06. The number of amides is 1. The van der Waals surface area contributed by atoms with E-state index >= 15 is 0 Å². The third kappa shape index (κ3) is 3.09. The van der Waals surface area contributed by atoms with Gasteiger partial charge in [0.15, 0.2) is 5.69 Å². The Kier molecular flexibility index (Phi) is 5.04. The maximum Gasteiger partial charge on any atom is 0.378 e. The Morgan fingerprint density at radius 3 is 2.26 bits per heavy atom. The van der Waals surface area contributed by atoms with Crippen molar-refractivity contribution in [2.45, 2.75) is 13.8 Å². The third-order valence-corrected chi connectivity index (χ3v) is 2.07. The molecular weight excluding hydrogens is 256 g/mol. The maximum atomic E-state index is 11.8. The summed E-state index contributed by atoms with van der Waals surface area (Å²) in [6, 6.07) is 0. The number of esters is 2. The zero-order chi connectivity index (χ0) is 14.4. The molecule has 104 valence electrons. The predicted molar refractivity (Wildman–Crippen MR) is 61.8 cm³/mol. The van der Waals surface area contributed by atoms with Crippen LogP contribution in [-0.2, 0) is 9.47 Å². The molecule has 1 aromatic heterocycles. The standard InChI is InChI=1S/C11H14N2O6/c1-4-17-10(15)6-7(9(14)12-3)13-19-8(6)11(16)18-5-2/h4-5H2,1-3H3,(H,12,14). The van der Waals surface area contributed by atoms with E-state index in [0.717, 1.165) is 0 Å². The van der Waals surface area contributed by atoms with Gasteiger partial charge in [0, 0.05) is 7.05 Å². The first-order valence-corrected chi connectivity index (χ1v) is 5.62. The van der Waals surface area contributed by atoms with Gasteiger partial charge in [-0.05, 0) is 13.8 Å². The summed E-state index contributed by atoms with van der Waals surface area (Å²) in [5.74, 6) is -2.86. The number of carbonyl (C=O) groups is 3. The Balaban J connectivity index is 3.25. The van der Waals surface area contributed by atoms with Gasteiger partial charge in [-0.3, -0.25) is 4.79 Å². The van der Waals surface area contributed by atoms with Crippen LogP contribution in [0.15, 0.2) is 4.52 Å². The lowest BCUT2D eigenvalue weighted by Gasteiger charge is -2.03. The lowest BCUT2D eigenvalue weighted by atomic mass is 10.1. The predicted octanol–water partition coefficient (Wildman–Crippen LogP) is 0.388. The van der Waals surface area contributed by atoms with Crippen LogP contribution in [0.1, 0.15) is 45.2 Å². The number of aromatic nitrogens is 1. The van der Waals surface area contributed by atoms with Gasteiger partial charge in [-0.1, -0.05) is 5.16 Å². The first kappa shape index (κ1) is 14.7. The summed E-state index contributed by atoms with van der Waals surface area (Å²) >= 11 is 0. The van der Waals surface area contributed by atoms with Crippen molar-refractivity contribution in [1.82, 2.24) is 10.5 Å². The van der Waals surface area contributed by atoms with Crippen LogP contribution in [0, 0.1) is 0 Å². The minimum Gasteiger partial charge on any atom is -0.462 e. The molecular formula is C11H14N2O6. The quantitative estimate of drug-likeness (QED) is 0.771. The molecule has 0 radical (unpaired) electrons. The summed E-state index contributed by atoms with van der Waals surface area (Å²) in [6.07, 6.45) is 0. The Bertz CT molecular complexity index is 493. The Hall–Kier alpha value is -2.38. The van der Waals surface area contributed by atoms with Gasteiger partial charge >= 0.3 is 11.9 Å². The molecule has 0 atom stereocenters. The Morgan fingerprint density at radius 2 is 1.74 bits per heavy atom. The summed E-state index contributed by atoms with van der Waals surface area (Å²) in [4.78, 5) is 34.9. The number of ether oxygens (including phenoxy) is 2. The van der Waals surface area contributed by atoms with E-state index in [1.165, 1.54) is 7.05 Å². The molecule has 19 heavy (non-hydrogen) atoms. The average molecular weight is 270 g/mol. The van der Waals surface area contributed by atoms with Crippen molar-refractivity contribution in [2.75, 3.05) is 20.3 Å². The van der Waals surface area contributed by atoms with E-state index in [2.05, 4.69) is 10.5 Å². The summed E-state index contributed by atoms with van der Waals surface area (Å²) in [7, 11) is 1.36. The summed E-state index contributed by atoms with van der Waals surface area (Å²) in [5, 5.41) is 5.69. The highest BCUT2D eigenvalue weighted by Crippen LogP contribution is 2.17. The van der Waals surface area contributed by atoms with E-state index in [9.17, 15) is 14.4 Å². The van der Waals surface area contributed by atoms with E-state index < -0.39 is 23.6 Å².